The Hall–Kier alpha value is -0.680. The highest BCUT2D eigenvalue weighted by Gasteiger charge is 2.24. The Morgan fingerprint density at radius 3 is 2.61 bits per heavy atom. The Morgan fingerprint density at radius 2 is 2.00 bits per heavy atom. The van der Waals surface area contributed by atoms with Gasteiger partial charge in [-0.3, -0.25) is 0 Å². The molecule has 3 rings (SSSR count). The molecule has 0 aliphatic carbocycles. The molecule has 1 N–H and O–H groups in total. The second-order valence-corrected chi connectivity index (χ2v) is 6.83. The Labute approximate surface area is 119 Å². The Balaban J connectivity index is 1.65. The first-order valence-electron chi connectivity index (χ1n) is 5.98. The molecule has 1 aromatic carbocycles. The molecule has 1 fully saturated rings. The monoisotopic (exact) mass is 323 g/mol. The number of halogens is 1. The molecule has 1 aromatic heterocycles. The molecule has 1 saturated heterocycles. The van der Waals surface area contributed by atoms with Crippen LogP contribution in [0.5, 0.6) is 0 Å². The highest BCUT2D eigenvalue weighted by Crippen LogP contribution is 2.32. The van der Waals surface area contributed by atoms with Crippen molar-refractivity contribution in [3.05, 3.63) is 56.7 Å². The van der Waals surface area contributed by atoms with E-state index in [0.717, 1.165) is 16.9 Å². The Kier molecular flexibility index (Phi) is 3.80. The fraction of sp³-hybridized carbons (Fsp3) is 0.286. The second kappa shape index (κ2) is 5.53. The zero-order valence-corrected chi connectivity index (χ0v) is 12.2. The molecule has 18 heavy (non-hydrogen) atoms. The quantitative estimate of drug-likeness (QED) is 0.904. The molecule has 94 valence electrons. The van der Waals surface area contributed by atoms with E-state index in [9.17, 15) is 0 Å². The molecule has 0 radical (unpaired) electrons. The van der Waals surface area contributed by atoms with Gasteiger partial charge in [-0.05, 0) is 33.6 Å². The molecular formula is C14H14BrNOS. The van der Waals surface area contributed by atoms with E-state index in [1.165, 1.54) is 10.4 Å². The molecule has 2 atom stereocenters. The van der Waals surface area contributed by atoms with Crippen LogP contribution in [0.2, 0.25) is 0 Å². The molecule has 2 aromatic rings. The van der Waals surface area contributed by atoms with Crippen molar-refractivity contribution in [2.24, 2.45) is 0 Å². The average Bonchev–Trinajstić information content (AvgIpc) is 2.87. The van der Waals surface area contributed by atoms with Crippen molar-refractivity contribution in [1.82, 2.24) is 5.32 Å². The summed E-state index contributed by atoms with van der Waals surface area (Å²) in [6, 6.07) is 15.0. The van der Waals surface area contributed by atoms with Crippen molar-refractivity contribution < 1.29 is 4.74 Å². The van der Waals surface area contributed by atoms with Gasteiger partial charge in [0.15, 0.2) is 0 Å². The van der Waals surface area contributed by atoms with Crippen LogP contribution in [0.15, 0.2) is 46.3 Å². The van der Waals surface area contributed by atoms with Crippen molar-refractivity contribution in [2.45, 2.75) is 12.1 Å². The molecule has 0 bridgehead atoms. The molecule has 0 saturated carbocycles. The minimum Gasteiger partial charge on any atom is -0.369 e. The molecule has 0 amide bonds. The summed E-state index contributed by atoms with van der Waals surface area (Å²) in [5.74, 6) is 0. The number of thiophene rings is 1. The minimum absolute atomic E-state index is 0.182. The first-order chi connectivity index (χ1) is 8.83. The van der Waals surface area contributed by atoms with Crippen LogP contribution in [0.25, 0.3) is 0 Å². The minimum atomic E-state index is 0.182. The largest absolute Gasteiger partial charge is 0.369 e. The van der Waals surface area contributed by atoms with Crippen LogP contribution >= 0.6 is 27.3 Å². The summed E-state index contributed by atoms with van der Waals surface area (Å²) >= 11 is 5.23. The van der Waals surface area contributed by atoms with Crippen molar-refractivity contribution >= 4 is 27.3 Å². The second-order valence-electron chi connectivity index (χ2n) is 4.34. The molecule has 0 spiro atoms. The van der Waals surface area contributed by atoms with Crippen molar-refractivity contribution in [3.63, 3.8) is 0 Å². The smallest absolute Gasteiger partial charge is 0.104 e. The fourth-order valence-corrected chi connectivity index (χ4v) is 3.64. The third-order valence-electron chi connectivity index (χ3n) is 3.13. The summed E-state index contributed by atoms with van der Waals surface area (Å²) in [5.41, 5.74) is 1.29. The van der Waals surface area contributed by atoms with Gasteiger partial charge in [0.05, 0.1) is 16.4 Å². The van der Waals surface area contributed by atoms with E-state index in [-0.39, 0.29) is 6.10 Å². The highest BCUT2D eigenvalue weighted by molar-refractivity contribution is 9.11. The van der Waals surface area contributed by atoms with Crippen LogP contribution < -0.4 is 5.32 Å². The number of hydrogen-bond donors (Lipinski definition) is 1. The number of nitrogens with one attached hydrogen (secondary N) is 1. The molecule has 4 heteroatoms. The van der Waals surface area contributed by atoms with Gasteiger partial charge in [-0.2, -0.15) is 0 Å². The van der Waals surface area contributed by atoms with Crippen molar-refractivity contribution in [1.29, 1.82) is 0 Å². The summed E-state index contributed by atoms with van der Waals surface area (Å²) in [6.45, 7) is 1.59. The maximum atomic E-state index is 5.97. The SMILES string of the molecule is Brc1ccc(C2CNC(c3ccccc3)CO2)s1. The maximum Gasteiger partial charge on any atom is 0.104 e. The molecule has 2 unspecified atom stereocenters. The number of hydrogen-bond acceptors (Lipinski definition) is 3. The molecular weight excluding hydrogens is 310 g/mol. The lowest BCUT2D eigenvalue weighted by molar-refractivity contribution is 0.00441. The number of benzene rings is 1. The lowest BCUT2D eigenvalue weighted by atomic mass is 10.1. The van der Waals surface area contributed by atoms with Gasteiger partial charge < -0.3 is 10.1 Å². The summed E-state index contributed by atoms with van der Waals surface area (Å²) in [4.78, 5) is 1.28. The number of ether oxygens (including phenoxy) is 1. The zero-order valence-electron chi connectivity index (χ0n) is 9.80. The van der Waals surface area contributed by atoms with Crippen LogP contribution in [0.1, 0.15) is 22.6 Å². The normalized spacial score (nSPS) is 24.1. The lowest BCUT2D eigenvalue weighted by Crippen LogP contribution is -2.36. The molecule has 1 aliphatic heterocycles. The van der Waals surface area contributed by atoms with Gasteiger partial charge in [0.1, 0.15) is 6.10 Å². The Morgan fingerprint density at radius 1 is 1.17 bits per heavy atom. The average molecular weight is 324 g/mol. The molecule has 2 nitrogen and oxygen atoms in total. The van der Waals surface area contributed by atoms with Gasteiger partial charge in [-0.25, -0.2) is 0 Å². The zero-order chi connectivity index (χ0) is 12.4. The van der Waals surface area contributed by atoms with E-state index >= 15 is 0 Å². The van der Waals surface area contributed by atoms with Gasteiger partial charge in [-0.1, -0.05) is 30.3 Å². The van der Waals surface area contributed by atoms with E-state index in [1.54, 1.807) is 11.3 Å². The standard InChI is InChI=1S/C14H14BrNOS/c15-14-7-6-13(18-14)12-8-16-11(9-17-12)10-4-2-1-3-5-10/h1-7,11-12,16H,8-9H2. The van der Waals surface area contributed by atoms with Crippen LogP contribution in [0.3, 0.4) is 0 Å². The van der Waals surface area contributed by atoms with Gasteiger partial charge in [0.2, 0.25) is 0 Å². The third kappa shape index (κ3) is 2.67. The topological polar surface area (TPSA) is 21.3 Å². The van der Waals surface area contributed by atoms with Crippen LogP contribution in [0.4, 0.5) is 0 Å². The van der Waals surface area contributed by atoms with Gasteiger partial charge in [-0.15, -0.1) is 11.3 Å². The summed E-state index contributed by atoms with van der Waals surface area (Å²) < 4.78 is 7.13. The molecule has 1 aliphatic rings. The third-order valence-corrected chi connectivity index (χ3v) is 4.84. The van der Waals surface area contributed by atoms with Crippen LogP contribution in [0, 0.1) is 0 Å². The van der Waals surface area contributed by atoms with Gasteiger partial charge in [0.25, 0.3) is 0 Å². The predicted molar refractivity (Wildman–Crippen MR) is 77.9 cm³/mol. The first kappa shape index (κ1) is 12.4. The van der Waals surface area contributed by atoms with Gasteiger partial charge >= 0.3 is 0 Å². The van der Waals surface area contributed by atoms with E-state index in [2.05, 4.69) is 57.6 Å². The predicted octanol–water partition coefficient (Wildman–Crippen LogP) is 3.91. The maximum absolute atomic E-state index is 5.97. The van der Waals surface area contributed by atoms with Gasteiger partial charge in [0, 0.05) is 11.4 Å². The van der Waals surface area contributed by atoms with Crippen molar-refractivity contribution in [3.8, 4) is 0 Å². The van der Waals surface area contributed by atoms with E-state index in [0.29, 0.717) is 6.04 Å². The number of rotatable bonds is 2. The summed E-state index contributed by atoms with van der Waals surface area (Å²) in [6.07, 6.45) is 0.182. The van der Waals surface area contributed by atoms with E-state index < -0.39 is 0 Å². The summed E-state index contributed by atoms with van der Waals surface area (Å²) in [7, 11) is 0. The highest BCUT2D eigenvalue weighted by atomic mass is 79.9. The van der Waals surface area contributed by atoms with E-state index in [4.69, 9.17) is 4.74 Å². The Bertz CT molecular complexity index is 506. The number of morpholine rings is 1. The summed E-state index contributed by atoms with van der Waals surface area (Å²) in [5, 5.41) is 3.56. The van der Waals surface area contributed by atoms with Crippen LogP contribution in [-0.2, 0) is 4.74 Å². The molecule has 2 heterocycles. The van der Waals surface area contributed by atoms with Crippen LogP contribution in [-0.4, -0.2) is 13.2 Å². The van der Waals surface area contributed by atoms with Crippen molar-refractivity contribution in [2.75, 3.05) is 13.2 Å². The lowest BCUT2D eigenvalue weighted by Gasteiger charge is -2.30. The fourth-order valence-electron chi connectivity index (χ4n) is 2.16. The van der Waals surface area contributed by atoms with E-state index in [1.807, 2.05) is 6.07 Å². The first-order valence-corrected chi connectivity index (χ1v) is 7.59.